The summed E-state index contributed by atoms with van der Waals surface area (Å²) in [6, 6.07) is 2.06. The molecule has 0 saturated carbocycles. The summed E-state index contributed by atoms with van der Waals surface area (Å²) in [7, 11) is 0. The van der Waals surface area contributed by atoms with Crippen molar-refractivity contribution in [3.8, 4) is 0 Å². The fourth-order valence-corrected chi connectivity index (χ4v) is 3.56. The lowest BCUT2D eigenvalue weighted by Gasteiger charge is -2.27. The Bertz CT molecular complexity index is 608. The van der Waals surface area contributed by atoms with E-state index in [4.69, 9.17) is 4.74 Å². The van der Waals surface area contributed by atoms with E-state index in [2.05, 4.69) is 28.3 Å². The standard InChI is InChI=1S/C15H21N3O2S/c1-2-12-17-13(11-3-8-21-14(11)18-12)16-9-15(4-6-19)5-7-20-10-15/h3,8,19H,2,4-7,9-10H2,1H3,(H,16,17,18). The van der Waals surface area contributed by atoms with Crippen LogP contribution in [0.25, 0.3) is 10.2 Å². The number of aromatic nitrogens is 2. The van der Waals surface area contributed by atoms with Crippen molar-refractivity contribution in [2.24, 2.45) is 5.41 Å². The van der Waals surface area contributed by atoms with E-state index in [1.807, 2.05) is 5.38 Å². The van der Waals surface area contributed by atoms with Gasteiger partial charge in [-0.25, -0.2) is 9.97 Å². The number of aryl methyl sites for hydroxylation is 1. The Morgan fingerprint density at radius 3 is 3.10 bits per heavy atom. The molecule has 0 aromatic carbocycles. The van der Waals surface area contributed by atoms with Gasteiger partial charge in [-0.15, -0.1) is 11.3 Å². The summed E-state index contributed by atoms with van der Waals surface area (Å²) in [6.45, 7) is 4.52. The zero-order valence-corrected chi connectivity index (χ0v) is 13.1. The molecular formula is C15H21N3O2S. The molecule has 1 unspecified atom stereocenters. The van der Waals surface area contributed by atoms with Gasteiger partial charge < -0.3 is 15.2 Å². The first-order chi connectivity index (χ1) is 10.3. The van der Waals surface area contributed by atoms with Crippen LogP contribution in [0.4, 0.5) is 5.82 Å². The number of hydrogen-bond donors (Lipinski definition) is 2. The van der Waals surface area contributed by atoms with Gasteiger partial charge in [0.1, 0.15) is 16.5 Å². The van der Waals surface area contributed by atoms with Gasteiger partial charge in [0.05, 0.1) is 12.0 Å². The highest BCUT2D eigenvalue weighted by Crippen LogP contribution is 2.33. The molecule has 6 heteroatoms. The minimum Gasteiger partial charge on any atom is -0.396 e. The van der Waals surface area contributed by atoms with Crippen LogP contribution in [0.15, 0.2) is 11.4 Å². The molecule has 0 aliphatic carbocycles. The molecule has 1 saturated heterocycles. The molecular weight excluding hydrogens is 286 g/mol. The SMILES string of the molecule is CCc1nc(NCC2(CCO)CCOC2)c2ccsc2n1. The maximum Gasteiger partial charge on any atom is 0.138 e. The Balaban J connectivity index is 1.82. The van der Waals surface area contributed by atoms with Crippen molar-refractivity contribution in [1.82, 2.24) is 9.97 Å². The third-order valence-corrected chi connectivity index (χ3v) is 4.95. The van der Waals surface area contributed by atoms with E-state index in [1.165, 1.54) is 0 Å². The molecule has 0 amide bonds. The van der Waals surface area contributed by atoms with E-state index in [1.54, 1.807) is 11.3 Å². The molecule has 21 heavy (non-hydrogen) atoms. The van der Waals surface area contributed by atoms with Crippen LogP contribution in [-0.2, 0) is 11.2 Å². The van der Waals surface area contributed by atoms with Crippen LogP contribution >= 0.6 is 11.3 Å². The number of thiophene rings is 1. The van der Waals surface area contributed by atoms with Crippen molar-refractivity contribution in [3.05, 3.63) is 17.3 Å². The zero-order valence-electron chi connectivity index (χ0n) is 12.3. The summed E-state index contributed by atoms with van der Waals surface area (Å²) >= 11 is 1.64. The largest absolute Gasteiger partial charge is 0.396 e. The molecule has 1 aliphatic rings. The Morgan fingerprint density at radius 1 is 1.48 bits per heavy atom. The van der Waals surface area contributed by atoms with Crippen molar-refractivity contribution in [1.29, 1.82) is 0 Å². The predicted molar refractivity (Wildman–Crippen MR) is 84.9 cm³/mol. The highest BCUT2D eigenvalue weighted by atomic mass is 32.1. The molecule has 2 aromatic heterocycles. The van der Waals surface area contributed by atoms with E-state index in [0.29, 0.717) is 6.61 Å². The molecule has 3 heterocycles. The lowest BCUT2D eigenvalue weighted by atomic mass is 9.84. The van der Waals surface area contributed by atoms with Crippen molar-refractivity contribution in [3.63, 3.8) is 0 Å². The van der Waals surface area contributed by atoms with Crippen LogP contribution in [0.5, 0.6) is 0 Å². The monoisotopic (exact) mass is 307 g/mol. The van der Waals surface area contributed by atoms with Gasteiger partial charge >= 0.3 is 0 Å². The summed E-state index contributed by atoms with van der Waals surface area (Å²) in [5.41, 5.74) is 0.0222. The third kappa shape index (κ3) is 3.02. The molecule has 2 N–H and O–H groups in total. The average Bonchev–Trinajstić information content (AvgIpc) is 3.14. The number of ether oxygens (including phenoxy) is 1. The van der Waals surface area contributed by atoms with Crippen LogP contribution in [0, 0.1) is 5.41 Å². The minimum atomic E-state index is 0.0222. The molecule has 1 atom stereocenters. The van der Waals surface area contributed by atoms with E-state index >= 15 is 0 Å². The summed E-state index contributed by atoms with van der Waals surface area (Å²) < 4.78 is 5.54. The van der Waals surface area contributed by atoms with Crippen molar-refractivity contribution in [2.75, 3.05) is 31.7 Å². The molecule has 5 nitrogen and oxygen atoms in total. The Kier molecular flexibility index (Phi) is 4.37. The summed E-state index contributed by atoms with van der Waals surface area (Å²) in [6.07, 6.45) is 2.57. The van der Waals surface area contributed by atoms with Gasteiger partial charge in [-0.1, -0.05) is 6.92 Å². The van der Waals surface area contributed by atoms with Crippen molar-refractivity contribution >= 4 is 27.4 Å². The van der Waals surface area contributed by atoms with Gasteiger partial charge in [0.25, 0.3) is 0 Å². The number of nitrogens with zero attached hydrogens (tertiary/aromatic N) is 2. The van der Waals surface area contributed by atoms with Gasteiger partial charge in [0.15, 0.2) is 0 Å². The predicted octanol–water partition coefficient (Wildman–Crippen LogP) is 2.45. The number of rotatable bonds is 6. The lowest BCUT2D eigenvalue weighted by molar-refractivity contribution is 0.133. The number of fused-ring (bicyclic) bond motifs is 1. The van der Waals surface area contributed by atoms with E-state index in [-0.39, 0.29) is 12.0 Å². The topological polar surface area (TPSA) is 67.3 Å². The third-order valence-electron chi connectivity index (χ3n) is 4.15. The van der Waals surface area contributed by atoms with Crippen LogP contribution in [0.2, 0.25) is 0 Å². The fourth-order valence-electron chi connectivity index (χ4n) is 2.78. The molecule has 0 radical (unpaired) electrons. The first kappa shape index (κ1) is 14.7. The molecule has 2 aromatic rings. The lowest BCUT2D eigenvalue weighted by Crippen LogP contribution is -2.31. The molecule has 1 aliphatic heterocycles. The Hall–Kier alpha value is -1.24. The number of hydrogen-bond acceptors (Lipinski definition) is 6. The molecule has 0 bridgehead atoms. The highest BCUT2D eigenvalue weighted by Gasteiger charge is 2.34. The van der Waals surface area contributed by atoms with Gasteiger partial charge in [-0.2, -0.15) is 0 Å². The highest BCUT2D eigenvalue weighted by molar-refractivity contribution is 7.16. The van der Waals surface area contributed by atoms with Crippen LogP contribution in [-0.4, -0.2) is 41.4 Å². The van der Waals surface area contributed by atoms with Crippen LogP contribution < -0.4 is 5.32 Å². The second-order valence-electron chi connectivity index (χ2n) is 5.61. The van der Waals surface area contributed by atoms with Crippen LogP contribution in [0.1, 0.15) is 25.6 Å². The molecule has 3 rings (SSSR count). The van der Waals surface area contributed by atoms with Gasteiger partial charge in [0, 0.05) is 31.6 Å². The minimum absolute atomic E-state index is 0.0222. The van der Waals surface area contributed by atoms with E-state index in [9.17, 15) is 5.11 Å². The summed E-state index contributed by atoms with van der Waals surface area (Å²) in [5, 5.41) is 15.9. The normalized spacial score (nSPS) is 22.0. The fraction of sp³-hybridized carbons (Fsp3) is 0.600. The quantitative estimate of drug-likeness (QED) is 0.858. The van der Waals surface area contributed by atoms with Crippen molar-refractivity contribution < 1.29 is 9.84 Å². The van der Waals surface area contributed by atoms with Crippen LogP contribution in [0.3, 0.4) is 0 Å². The molecule has 1 fully saturated rings. The Morgan fingerprint density at radius 2 is 2.38 bits per heavy atom. The maximum absolute atomic E-state index is 9.30. The number of nitrogens with one attached hydrogen (secondary N) is 1. The number of aliphatic hydroxyl groups excluding tert-OH is 1. The average molecular weight is 307 g/mol. The number of anilines is 1. The zero-order chi connectivity index (χ0) is 14.7. The smallest absolute Gasteiger partial charge is 0.138 e. The first-order valence-corrected chi connectivity index (χ1v) is 8.31. The van der Waals surface area contributed by atoms with Crippen molar-refractivity contribution in [2.45, 2.75) is 26.2 Å². The van der Waals surface area contributed by atoms with E-state index in [0.717, 1.165) is 54.3 Å². The summed E-state index contributed by atoms with van der Waals surface area (Å²) in [4.78, 5) is 10.2. The molecule has 0 spiro atoms. The second kappa shape index (κ2) is 6.25. The van der Waals surface area contributed by atoms with Gasteiger partial charge in [0.2, 0.25) is 0 Å². The van der Waals surface area contributed by atoms with Gasteiger partial charge in [-0.05, 0) is 24.3 Å². The maximum atomic E-state index is 9.30. The van der Waals surface area contributed by atoms with E-state index < -0.39 is 0 Å². The number of aliphatic hydroxyl groups is 1. The molecule has 114 valence electrons. The first-order valence-electron chi connectivity index (χ1n) is 7.43. The summed E-state index contributed by atoms with van der Waals surface area (Å²) in [5.74, 6) is 1.77. The second-order valence-corrected chi connectivity index (χ2v) is 6.51. The van der Waals surface area contributed by atoms with Gasteiger partial charge in [-0.3, -0.25) is 0 Å². The Labute approximate surface area is 128 Å².